The highest BCUT2D eigenvalue weighted by Crippen LogP contribution is 2.20. The average Bonchev–Trinajstić information content (AvgIpc) is 2.25. The first-order valence-corrected chi connectivity index (χ1v) is 6.26. The molecule has 0 radical (unpaired) electrons. The highest BCUT2D eigenvalue weighted by molar-refractivity contribution is 5.67. The fourth-order valence-electron chi connectivity index (χ4n) is 1.89. The van der Waals surface area contributed by atoms with Crippen LogP contribution in [0, 0.1) is 5.92 Å². The van der Waals surface area contributed by atoms with E-state index in [1.807, 2.05) is 20.8 Å². The summed E-state index contributed by atoms with van der Waals surface area (Å²) in [4.78, 5) is 11.4. The molecule has 2 atom stereocenters. The Bertz CT molecular complexity index is 282. The predicted molar refractivity (Wildman–Crippen MR) is 68.7 cm³/mol. The van der Waals surface area contributed by atoms with Crippen LogP contribution >= 0.6 is 0 Å². The summed E-state index contributed by atoms with van der Waals surface area (Å²) in [5.41, 5.74) is 5.60. The number of hydrogen-bond acceptors (Lipinski definition) is 3. The van der Waals surface area contributed by atoms with Crippen LogP contribution in [-0.2, 0) is 4.74 Å². The highest BCUT2D eigenvalue weighted by Gasteiger charge is 2.20. The first-order valence-electron chi connectivity index (χ1n) is 6.26. The molecule has 4 nitrogen and oxygen atoms in total. The molecule has 0 aromatic carbocycles. The minimum atomic E-state index is -0.457. The number of ether oxygens (including phenoxy) is 1. The zero-order chi connectivity index (χ0) is 12.9. The molecule has 1 rings (SSSR count). The van der Waals surface area contributed by atoms with E-state index in [0.717, 1.165) is 19.3 Å². The van der Waals surface area contributed by atoms with E-state index in [4.69, 9.17) is 10.5 Å². The molecule has 0 bridgehead atoms. The van der Waals surface area contributed by atoms with Gasteiger partial charge in [0, 0.05) is 12.6 Å². The lowest BCUT2D eigenvalue weighted by atomic mass is 9.88. The second-order valence-electron chi connectivity index (χ2n) is 5.59. The summed E-state index contributed by atoms with van der Waals surface area (Å²) >= 11 is 0. The van der Waals surface area contributed by atoms with Crippen molar-refractivity contribution in [3.8, 4) is 0 Å². The van der Waals surface area contributed by atoms with E-state index in [9.17, 15) is 4.79 Å². The molecular weight excluding hydrogens is 216 g/mol. The molecule has 0 aromatic rings. The van der Waals surface area contributed by atoms with Crippen LogP contribution in [0.2, 0.25) is 0 Å². The minimum Gasteiger partial charge on any atom is -0.444 e. The van der Waals surface area contributed by atoms with Gasteiger partial charge in [0.15, 0.2) is 0 Å². The molecule has 0 saturated heterocycles. The van der Waals surface area contributed by atoms with Gasteiger partial charge in [-0.25, -0.2) is 4.79 Å². The Morgan fingerprint density at radius 2 is 2.24 bits per heavy atom. The Hall–Kier alpha value is -1.03. The molecule has 98 valence electrons. The van der Waals surface area contributed by atoms with Crippen molar-refractivity contribution in [1.29, 1.82) is 0 Å². The fourth-order valence-corrected chi connectivity index (χ4v) is 1.89. The van der Waals surface area contributed by atoms with Crippen molar-refractivity contribution in [2.45, 2.75) is 51.7 Å². The summed E-state index contributed by atoms with van der Waals surface area (Å²) in [6.45, 7) is 6.02. The van der Waals surface area contributed by atoms with Crippen molar-refractivity contribution >= 4 is 6.09 Å². The number of carbonyl (C=O) groups is 1. The fraction of sp³-hybridized carbons (Fsp3) is 0.769. The molecule has 3 N–H and O–H groups in total. The SMILES string of the molecule is CC(C)(C)OC(=O)NCC(N)C1CC=CCC1. The van der Waals surface area contributed by atoms with Crippen LogP contribution in [0.1, 0.15) is 40.0 Å². The van der Waals surface area contributed by atoms with Gasteiger partial charge in [-0.3, -0.25) is 0 Å². The van der Waals surface area contributed by atoms with Gasteiger partial charge in [-0.2, -0.15) is 0 Å². The second-order valence-corrected chi connectivity index (χ2v) is 5.59. The van der Waals surface area contributed by atoms with Gasteiger partial charge in [0.05, 0.1) is 0 Å². The molecule has 0 fully saturated rings. The van der Waals surface area contributed by atoms with Crippen LogP contribution in [0.5, 0.6) is 0 Å². The van der Waals surface area contributed by atoms with Gasteiger partial charge in [0.2, 0.25) is 0 Å². The molecule has 0 aromatic heterocycles. The average molecular weight is 240 g/mol. The third kappa shape index (κ3) is 5.73. The number of alkyl carbamates (subject to hydrolysis) is 1. The number of nitrogens with two attached hydrogens (primary N) is 1. The van der Waals surface area contributed by atoms with E-state index in [1.165, 1.54) is 0 Å². The molecule has 0 spiro atoms. The van der Waals surface area contributed by atoms with Gasteiger partial charge in [0.1, 0.15) is 5.60 Å². The normalized spacial score (nSPS) is 22.0. The van der Waals surface area contributed by atoms with Crippen molar-refractivity contribution in [3.63, 3.8) is 0 Å². The molecular formula is C13H24N2O2. The van der Waals surface area contributed by atoms with E-state index >= 15 is 0 Å². The number of hydrogen-bond donors (Lipinski definition) is 2. The van der Waals surface area contributed by atoms with Crippen molar-refractivity contribution in [2.75, 3.05) is 6.54 Å². The highest BCUT2D eigenvalue weighted by atomic mass is 16.6. The number of allylic oxidation sites excluding steroid dienone is 2. The third-order valence-electron chi connectivity index (χ3n) is 2.80. The van der Waals surface area contributed by atoms with E-state index in [2.05, 4.69) is 17.5 Å². The first-order chi connectivity index (χ1) is 7.88. The molecule has 2 unspecified atom stereocenters. The summed E-state index contributed by atoms with van der Waals surface area (Å²) in [6, 6.07) is 0.00692. The standard InChI is InChI=1S/C13H24N2O2/c1-13(2,3)17-12(16)15-9-11(14)10-7-5-4-6-8-10/h4-5,10-11H,6-9,14H2,1-3H3,(H,15,16). The zero-order valence-corrected chi connectivity index (χ0v) is 11.0. The largest absolute Gasteiger partial charge is 0.444 e. The number of amides is 1. The quantitative estimate of drug-likeness (QED) is 0.743. The van der Waals surface area contributed by atoms with Crippen LogP contribution in [0.3, 0.4) is 0 Å². The number of rotatable bonds is 3. The molecule has 0 heterocycles. The lowest BCUT2D eigenvalue weighted by molar-refractivity contribution is 0.0521. The van der Waals surface area contributed by atoms with Gasteiger partial charge < -0.3 is 15.8 Å². The maximum atomic E-state index is 11.4. The molecule has 0 saturated carbocycles. The van der Waals surface area contributed by atoms with Crippen LogP contribution in [-0.4, -0.2) is 24.3 Å². The number of carbonyl (C=O) groups excluding carboxylic acids is 1. The molecule has 0 aliphatic heterocycles. The van der Waals surface area contributed by atoms with Crippen LogP contribution in [0.25, 0.3) is 0 Å². The van der Waals surface area contributed by atoms with Crippen molar-refractivity contribution in [2.24, 2.45) is 11.7 Å². The van der Waals surface area contributed by atoms with E-state index in [1.54, 1.807) is 0 Å². The Labute approximate surface area is 104 Å². The van der Waals surface area contributed by atoms with Crippen molar-refractivity contribution in [3.05, 3.63) is 12.2 Å². The smallest absolute Gasteiger partial charge is 0.407 e. The maximum Gasteiger partial charge on any atom is 0.407 e. The Balaban J connectivity index is 2.25. The van der Waals surface area contributed by atoms with Gasteiger partial charge in [-0.1, -0.05) is 12.2 Å². The maximum absolute atomic E-state index is 11.4. The lowest BCUT2D eigenvalue weighted by Gasteiger charge is -2.26. The monoisotopic (exact) mass is 240 g/mol. The third-order valence-corrected chi connectivity index (χ3v) is 2.80. The van der Waals surface area contributed by atoms with Crippen LogP contribution in [0.4, 0.5) is 4.79 Å². The Morgan fingerprint density at radius 3 is 2.76 bits per heavy atom. The van der Waals surface area contributed by atoms with Crippen LogP contribution in [0.15, 0.2) is 12.2 Å². The lowest BCUT2D eigenvalue weighted by Crippen LogP contribution is -2.43. The Morgan fingerprint density at radius 1 is 1.53 bits per heavy atom. The van der Waals surface area contributed by atoms with E-state index < -0.39 is 5.60 Å². The summed E-state index contributed by atoms with van der Waals surface area (Å²) < 4.78 is 5.16. The summed E-state index contributed by atoms with van der Waals surface area (Å²) in [6.07, 6.45) is 7.17. The molecule has 17 heavy (non-hydrogen) atoms. The summed E-state index contributed by atoms with van der Waals surface area (Å²) in [5, 5.41) is 2.73. The molecule has 1 amide bonds. The topological polar surface area (TPSA) is 64.3 Å². The summed E-state index contributed by atoms with van der Waals surface area (Å²) in [5.74, 6) is 0.468. The van der Waals surface area contributed by atoms with E-state index in [0.29, 0.717) is 12.5 Å². The van der Waals surface area contributed by atoms with Gasteiger partial charge in [-0.15, -0.1) is 0 Å². The van der Waals surface area contributed by atoms with Crippen molar-refractivity contribution in [1.82, 2.24) is 5.32 Å². The van der Waals surface area contributed by atoms with Gasteiger partial charge >= 0.3 is 6.09 Å². The van der Waals surface area contributed by atoms with Crippen molar-refractivity contribution < 1.29 is 9.53 Å². The molecule has 4 heteroatoms. The van der Waals surface area contributed by atoms with Gasteiger partial charge in [-0.05, 0) is 46.0 Å². The first kappa shape index (κ1) is 14.0. The Kier molecular flexibility index (Phi) is 5.00. The molecule has 1 aliphatic rings. The predicted octanol–water partition coefficient (Wildman–Crippen LogP) is 2.19. The number of nitrogens with one attached hydrogen (secondary N) is 1. The zero-order valence-electron chi connectivity index (χ0n) is 11.0. The summed E-state index contributed by atoms with van der Waals surface area (Å²) in [7, 11) is 0. The molecule has 1 aliphatic carbocycles. The second kappa shape index (κ2) is 6.05. The minimum absolute atomic E-state index is 0.00692. The van der Waals surface area contributed by atoms with Gasteiger partial charge in [0.25, 0.3) is 0 Å². The van der Waals surface area contributed by atoms with E-state index in [-0.39, 0.29) is 12.1 Å². The van der Waals surface area contributed by atoms with Crippen LogP contribution < -0.4 is 11.1 Å².